The molecule has 1 heterocycles. The van der Waals surface area contributed by atoms with Crippen LogP contribution in [-0.2, 0) is 4.74 Å². The van der Waals surface area contributed by atoms with Crippen LogP contribution in [0.3, 0.4) is 0 Å². The zero-order valence-corrected chi connectivity index (χ0v) is 10.0. The number of alkyl halides is 2. The first kappa shape index (κ1) is 13.6. The summed E-state index contributed by atoms with van der Waals surface area (Å²) in [6, 6.07) is 1.47. The van der Waals surface area contributed by atoms with E-state index < -0.39 is 13.0 Å². The third-order valence-electron chi connectivity index (χ3n) is 1.96. The van der Waals surface area contributed by atoms with E-state index in [9.17, 15) is 8.78 Å². The first-order chi connectivity index (χ1) is 7.65. The summed E-state index contributed by atoms with van der Waals surface area (Å²) in [6.07, 6.45) is -0.473. The first-order valence-corrected chi connectivity index (χ1v) is 5.49. The third kappa shape index (κ3) is 4.17. The summed E-state index contributed by atoms with van der Waals surface area (Å²) < 4.78 is 34.3. The number of halogens is 3. The van der Waals surface area contributed by atoms with Crippen molar-refractivity contribution >= 4 is 15.9 Å². The molecule has 1 unspecified atom stereocenters. The topological polar surface area (TPSA) is 60.4 Å². The van der Waals surface area contributed by atoms with Crippen LogP contribution in [0.1, 0.15) is 18.2 Å². The monoisotopic (exact) mass is 298 g/mol. The molecule has 0 bridgehead atoms. The minimum Gasteiger partial charge on any atom is -0.466 e. The lowest BCUT2D eigenvalue weighted by Crippen LogP contribution is -2.29. The normalized spacial score (nSPS) is 13.3. The molecule has 0 aliphatic rings. The molecule has 1 rings (SSSR count). The predicted octanol–water partition coefficient (Wildman–Crippen LogP) is 2.22. The Labute approximate surface area is 100 Å². The maximum absolute atomic E-state index is 11.8. The molecule has 1 aromatic rings. The highest BCUT2D eigenvalue weighted by atomic mass is 79.9. The number of hydrogen-bond donors (Lipinski definition) is 2. The van der Waals surface area contributed by atoms with E-state index >= 15 is 0 Å². The number of furan rings is 1. The van der Waals surface area contributed by atoms with E-state index in [1.165, 1.54) is 6.26 Å². The van der Waals surface area contributed by atoms with E-state index in [2.05, 4.69) is 21.4 Å². The van der Waals surface area contributed by atoms with Gasteiger partial charge in [0.25, 0.3) is 6.43 Å². The van der Waals surface area contributed by atoms with Crippen LogP contribution in [0.15, 0.2) is 21.2 Å². The second kappa shape index (κ2) is 6.95. The zero-order chi connectivity index (χ0) is 12.0. The van der Waals surface area contributed by atoms with Gasteiger partial charge in [-0.3, -0.25) is 5.84 Å². The van der Waals surface area contributed by atoms with Gasteiger partial charge in [0.05, 0.1) is 16.8 Å². The van der Waals surface area contributed by atoms with Crippen LogP contribution >= 0.6 is 15.9 Å². The van der Waals surface area contributed by atoms with Crippen molar-refractivity contribution in [1.82, 2.24) is 5.43 Å². The number of hydrazine groups is 1. The molecule has 0 amide bonds. The highest BCUT2D eigenvalue weighted by Crippen LogP contribution is 2.26. The smallest absolute Gasteiger partial charge is 0.261 e. The Bertz CT molecular complexity index is 309. The van der Waals surface area contributed by atoms with Crippen LogP contribution in [-0.4, -0.2) is 19.6 Å². The van der Waals surface area contributed by atoms with Crippen molar-refractivity contribution in [3.63, 3.8) is 0 Å². The van der Waals surface area contributed by atoms with Gasteiger partial charge in [-0.25, -0.2) is 14.2 Å². The molecule has 3 N–H and O–H groups in total. The second-order valence-corrected chi connectivity index (χ2v) is 3.96. The Balaban J connectivity index is 2.36. The third-order valence-corrected chi connectivity index (χ3v) is 2.61. The summed E-state index contributed by atoms with van der Waals surface area (Å²) in [5.41, 5.74) is 2.54. The average Bonchev–Trinajstić information content (AvgIpc) is 2.65. The molecule has 1 atom stereocenters. The lowest BCUT2D eigenvalue weighted by atomic mass is 10.2. The van der Waals surface area contributed by atoms with Crippen molar-refractivity contribution in [2.45, 2.75) is 18.9 Å². The van der Waals surface area contributed by atoms with Gasteiger partial charge in [-0.05, 0) is 28.4 Å². The van der Waals surface area contributed by atoms with Crippen molar-refractivity contribution in [2.75, 3.05) is 13.2 Å². The van der Waals surface area contributed by atoms with E-state index in [-0.39, 0.29) is 12.6 Å². The Morgan fingerprint density at radius 3 is 2.81 bits per heavy atom. The van der Waals surface area contributed by atoms with Crippen molar-refractivity contribution in [3.05, 3.63) is 22.6 Å². The Morgan fingerprint density at radius 2 is 2.31 bits per heavy atom. The minimum atomic E-state index is -2.44. The SMILES string of the molecule is NNC(CCOCC(F)F)c1occc1Br. The van der Waals surface area contributed by atoms with Gasteiger partial charge in [-0.1, -0.05) is 0 Å². The molecule has 1 aromatic heterocycles. The Hall–Kier alpha value is -0.500. The maximum Gasteiger partial charge on any atom is 0.261 e. The molecule has 0 spiro atoms. The summed E-state index contributed by atoms with van der Waals surface area (Å²) in [4.78, 5) is 0. The maximum atomic E-state index is 11.8. The lowest BCUT2D eigenvalue weighted by molar-refractivity contribution is 0.0138. The van der Waals surface area contributed by atoms with Crippen LogP contribution in [0, 0.1) is 0 Å². The van der Waals surface area contributed by atoms with Crippen molar-refractivity contribution < 1.29 is 17.9 Å². The van der Waals surface area contributed by atoms with Crippen LogP contribution in [0.2, 0.25) is 0 Å². The predicted molar refractivity (Wildman–Crippen MR) is 57.9 cm³/mol. The van der Waals surface area contributed by atoms with Crippen molar-refractivity contribution in [3.8, 4) is 0 Å². The summed E-state index contributed by atoms with van der Waals surface area (Å²) in [5.74, 6) is 5.97. The molecule has 0 saturated carbocycles. The van der Waals surface area contributed by atoms with Gasteiger partial charge in [0, 0.05) is 6.61 Å². The summed E-state index contributed by atoms with van der Waals surface area (Å²) in [5, 5.41) is 0. The molecular weight excluding hydrogens is 286 g/mol. The van der Waals surface area contributed by atoms with Gasteiger partial charge in [0.15, 0.2) is 0 Å². The zero-order valence-electron chi connectivity index (χ0n) is 8.46. The second-order valence-electron chi connectivity index (χ2n) is 3.11. The Kier molecular flexibility index (Phi) is 5.89. The fourth-order valence-electron chi connectivity index (χ4n) is 1.22. The molecule has 92 valence electrons. The Morgan fingerprint density at radius 1 is 1.56 bits per heavy atom. The largest absolute Gasteiger partial charge is 0.466 e. The molecule has 0 aromatic carbocycles. The molecule has 4 nitrogen and oxygen atoms in total. The van der Waals surface area contributed by atoms with Gasteiger partial charge in [-0.2, -0.15) is 0 Å². The summed E-state index contributed by atoms with van der Waals surface area (Å²) >= 11 is 3.29. The molecule has 0 aliphatic carbocycles. The van der Waals surface area contributed by atoms with Crippen molar-refractivity contribution in [2.24, 2.45) is 5.84 Å². The fraction of sp³-hybridized carbons (Fsp3) is 0.556. The van der Waals surface area contributed by atoms with E-state index in [0.717, 1.165) is 4.47 Å². The fourth-order valence-corrected chi connectivity index (χ4v) is 1.70. The van der Waals surface area contributed by atoms with Gasteiger partial charge in [0.2, 0.25) is 0 Å². The van der Waals surface area contributed by atoms with Gasteiger partial charge < -0.3 is 9.15 Å². The van der Waals surface area contributed by atoms with Crippen LogP contribution in [0.25, 0.3) is 0 Å². The van der Waals surface area contributed by atoms with E-state index in [0.29, 0.717) is 12.2 Å². The molecular formula is C9H13BrF2N2O2. The summed E-state index contributed by atoms with van der Waals surface area (Å²) in [6.45, 7) is -0.372. The molecule has 0 fully saturated rings. The van der Waals surface area contributed by atoms with Crippen LogP contribution in [0.5, 0.6) is 0 Å². The summed E-state index contributed by atoms with van der Waals surface area (Å²) in [7, 11) is 0. The number of ether oxygens (including phenoxy) is 1. The number of nitrogens with one attached hydrogen (secondary N) is 1. The molecule has 7 heteroatoms. The molecule has 0 saturated heterocycles. The highest BCUT2D eigenvalue weighted by Gasteiger charge is 2.16. The lowest BCUT2D eigenvalue weighted by Gasteiger charge is -2.13. The number of nitrogens with two attached hydrogens (primary N) is 1. The van der Waals surface area contributed by atoms with Gasteiger partial charge in [-0.15, -0.1) is 0 Å². The minimum absolute atomic E-state index is 0.187. The quantitative estimate of drug-likeness (QED) is 0.460. The van der Waals surface area contributed by atoms with Crippen LogP contribution in [0.4, 0.5) is 8.78 Å². The van der Waals surface area contributed by atoms with Gasteiger partial charge in [0.1, 0.15) is 12.4 Å². The van der Waals surface area contributed by atoms with E-state index in [1.807, 2.05) is 0 Å². The van der Waals surface area contributed by atoms with Crippen molar-refractivity contribution in [1.29, 1.82) is 0 Å². The van der Waals surface area contributed by atoms with E-state index in [4.69, 9.17) is 15.0 Å². The standard InChI is InChI=1S/C9H13BrF2N2O2/c10-6-1-4-16-9(6)7(14-13)2-3-15-5-8(11)12/h1,4,7-8,14H,2-3,5,13H2. The first-order valence-electron chi connectivity index (χ1n) is 4.70. The molecule has 16 heavy (non-hydrogen) atoms. The van der Waals surface area contributed by atoms with Gasteiger partial charge >= 0.3 is 0 Å². The van der Waals surface area contributed by atoms with Crippen LogP contribution < -0.4 is 11.3 Å². The number of hydrogen-bond acceptors (Lipinski definition) is 4. The van der Waals surface area contributed by atoms with E-state index in [1.54, 1.807) is 6.07 Å². The number of rotatable bonds is 7. The average molecular weight is 299 g/mol. The highest BCUT2D eigenvalue weighted by molar-refractivity contribution is 9.10. The molecule has 0 radical (unpaired) electrons. The molecule has 0 aliphatic heterocycles.